The zero-order chi connectivity index (χ0) is 13.2. The molecule has 1 unspecified atom stereocenters. The lowest BCUT2D eigenvalue weighted by Crippen LogP contribution is -2.27. The van der Waals surface area contributed by atoms with Crippen molar-refractivity contribution >= 4 is 15.9 Å². The smallest absolute Gasteiger partial charge is 0.223 e. The van der Waals surface area contributed by atoms with Crippen LogP contribution in [0.3, 0.4) is 0 Å². The molecule has 1 aromatic heterocycles. The Bertz CT molecular complexity index is 531. The molecular weight excluding hydrogens is 256 g/mol. The summed E-state index contributed by atoms with van der Waals surface area (Å²) in [4.78, 5) is 21.1. The van der Waals surface area contributed by atoms with Crippen LogP contribution in [-0.2, 0) is 21.4 Å². The first-order chi connectivity index (χ1) is 8.44. The van der Waals surface area contributed by atoms with Crippen LogP contribution in [0.5, 0.6) is 0 Å². The average Bonchev–Trinajstić information content (AvgIpc) is 2.58. The predicted octanol–water partition coefficient (Wildman–Crippen LogP) is -0.886. The number of hydrogen-bond acceptors (Lipinski definition) is 5. The number of nitrogens with two attached hydrogens (primary N) is 1. The number of carbonyl (C=O) groups is 1. The molecule has 0 bridgehead atoms. The zero-order valence-corrected chi connectivity index (χ0v) is 10.5. The third-order valence-electron chi connectivity index (χ3n) is 2.75. The Hall–Kier alpha value is -1.54. The fourth-order valence-corrected chi connectivity index (χ4v) is 2.96. The first kappa shape index (κ1) is 12.9. The standard InChI is InChI=1S/C10H14N4O3S/c11-18(16,17)6-8-1-10(15)14(4-8)5-9-2-12-7-13-3-9/h2-3,7-8H,1,4-6H2,(H2,11,16,17). The van der Waals surface area contributed by atoms with Crippen molar-refractivity contribution in [1.82, 2.24) is 14.9 Å². The molecule has 2 N–H and O–H groups in total. The van der Waals surface area contributed by atoms with Gasteiger partial charge in [-0.3, -0.25) is 4.79 Å². The van der Waals surface area contributed by atoms with Crippen molar-refractivity contribution in [3.63, 3.8) is 0 Å². The maximum Gasteiger partial charge on any atom is 0.223 e. The van der Waals surface area contributed by atoms with Gasteiger partial charge in [-0.1, -0.05) is 0 Å². The SMILES string of the molecule is NS(=O)(=O)CC1CC(=O)N(Cc2cncnc2)C1. The topological polar surface area (TPSA) is 106 Å². The summed E-state index contributed by atoms with van der Waals surface area (Å²) < 4.78 is 22.0. The van der Waals surface area contributed by atoms with Crippen molar-refractivity contribution in [3.8, 4) is 0 Å². The van der Waals surface area contributed by atoms with Gasteiger partial charge in [0.1, 0.15) is 6.33 Å². The summed E-state index contributed by atoms with van der Waals surface area (Å²) in [6, 6.07) is 0. The molecule has 1 amide bonds. The number of hydrogen-bond donors (Lipinski definition) is 1. The number of aromatic nitrogens is 2. The molecule has 98 valence electrons. The molecular formula is C10H14N4O3S. The molecule has 1 saturated heterocycles. The molecule has 0 saturated carbocycles. The van der Waals surface area contributed by atoms with E-state index in [1.165, 1.54) is 6.33 Å². The molecule has 1 aliphatic rings. The Kier molecular flexibility index (Phi) is 3.58. The fourth-order valence-electron chi connectivity index (χ4n) is 2.08. The number of sulfonamides is 1. The van der Waals surface area contributed by atoms with E-state index in [4.69, 9.17) is 5.14 Å². The van der Waals surface area contributed by atoms with Gasteiger partial charge < -0.3 is 4.90 Å². The minimum atomic E-state index is -3.53. The molecule has 18 heavy (non-hydrogen) atoms. The van der Waals surface area contributed by atoms with Crippen molar-refractivity contribution in [1.29, 1.82) is 0 Å². The lowest BCUT2D eigenvalue weighted by Gasteiger charge is -2.15. The van der Waals surface area contributed by atoms with Gasteiger partial charge in [0.05, 0.1) is 5.75 Å². The highest BCUT2D eigenvalue weighted by atomic mass is 32.2. The lowest BCUT2D eigenvalue weighted by atomic mass is 10.1. The van der Waals surface area contributed by atoms with Gasteiger partial charge in [-0.15, -0.1) is 0 Å². The number of rotatable bonds is 4. The number of carbonyl (C=O) groups excluding carboxylic acids is 1. The minimum Gasteiger partial charge on any atom is -0.338 e. The molecule has 7 nitrogen and oxygen atoms in total. The predicted molar refractivity (Wildman–Crippen MR) is 63.5 cm³/mol. The fraction of sp³-hybridized carbons (Fsp3) is 0.500. The molecule has 1 fully saturated rings. The van der Waals surface area contributed by atoms with E-state index < -0.39 is 10.0 Å². The van der Waals surface area contributed by atoms with E-state index in [2.05, 4.69) is 9.97 Å². The van der Waals surface area contributed by atoms with Crippen LogP contribution in [0.1, 0.15) is 12.0 Å². The van der Waals surface area contributed by atoms with Crippen LogP contribution in [0, 0.1) is 5.92 Å². The summed E-state index contributed by atoms with van der Waals surface area (Å²) in [5.41, 5.74) is 0.821. The van der Waals surface area contributed by atoms with Gasteiger partial charge in [0, 0.05) is 43.4 Å². The van der Waals surface area contributed by atoms with Crippen LogP contribution in [0.4, 0.5) is 0 Å². The van der Waals surface area contributed by atoms with Gasteiger partial charge in [-0.05, 0) is 0 Å². The van der Waals surface area contributed by atoms with Gasteiger partial charge in [0.15, 0.2) is 0 Å². The molecule has 1 aliphatic heterocycles. The van der Waals surface area contributed by atoms with Crippen molar-refractivity contribution in [2.75, 3.05) is 12.3 Å². The number of amides is 1. The number of primary sulfonamides is 1. The molecule has 1 aromatic rings. The normalized spacial score (nSPS) is 20.4. The largest absolute Gasteiger partial charge is 0.338 e. The quantitative estimate of drug-likeness (QED) is 0.764. The highest BCUT2D eigenvalue weighted by Crippen LogP contribution is 2.20. The molecule has 0 spiro atoms. The van der Waals surface area contributed by atoms with E-state index in [-0.39, 0.29) is 24.0 Å². The molecule has 1 atom stereocenters. The lowest BCUT2D eigenvalue weighted by molar-refractivity contribution is -0.128. The zero-order valence-electron chi connectivity index (χ0n) is 9.69. The van der Waals surface area contributed by atoms with Gasteiger partial charge in [-0.2, -0.15) is 0 Å². The number of likely N-dealkylation sites (tertiary alicyclic amines) is 1. The average molecular weight is 270 g/mol. The Morgan fingerprint density at radius 3 is 2.67 bits per heavy atom. The Balaban J connectivity index is 1.98. The van der Waals surface area contributed by atoms with Crippen molar-refractivity contribution < 1.29 is 13.2 Å². The highest BCUT2D eigenvalue weighted by molar-refractivity contribution is 7.89. The Morgan fingerprint density at radius 2 is 2.06 bits per heavy atom. The van der Waals surface area contributed by atoms with Gasteiger partial charge in [0.25, 0.3) is 0 Å². The molecule has 0 aliphatic carbocycles. The maximum atomic E-state index is 11.7. The summed E-state index contributed by atoms with van der Waals surface area (Å²) in [5, 5.41) is 4.98. The van der Waals surface area contributed by atoms with Gasteiger partial charge in [0.2, 0.25) is 15.9 Å². The highest BCUT2D eigenvalue weighted by Gasteiger charge is 2.31. The van der Waals surface area contributed by atoms with Crippen LogP contribution in [0.15, 0.2) is 18.7 Å². The third-order valence-corrected chi connectivity index (χ3v) is 3.69. The third kappa shape index (κ3) is 3.47. The van der Waals surface area contributed by atoms with Crippen LogP contribution in [0.25, 0.3) is 0 Å². The van der Waals surface area contributed by atoms with Crippen molar-refractivity contribution in [2.45, 2.75) is 13.0 Å². The number of nitrogens with zero attached hydrogens (tertiary/aromatic N) is 3. The van der Waals surface area contributed by atoms with Crippen molar-refractivity contribution in [2.24, 2.45) is 11.1 Å². The van der Waals surface area contributed by atoms with E-state index in [9.17, 15) is 13.2 Å². The second-order valence-electron chi connectivity index (χ2n) is 4.42. The van der Waals surface area contributed by atoms with Crippen LogP contribution >= 0.6 is 0 Å². The van der Waals surface area contributed by atoms with Crippen LogP contribution < -0.4 is 5.14 Å². The van der Waals surface area contributed by atoms with E-state index in [1.54, 1.807) is 17.3 Å². The monoisotopic (exact) mass is 270 g/mol. The van der Waals surface area contributed by atoms with Crippen LogP contribution in [0.2, 0.25) is 0 Å². The molecule has 0 aromatic carbocycles. The maximum absolute atomic E-state index is 11.7. The van der Waals surface area contributed by atoms with E-state index in [0.717, 1.165) is 5.56 Å². The minimum absolute atomic E-state index is 0.0625. The van der Waals surface area contributed by atoms with Crippen LogP contribution in [-0.4, -0.2) is 41.5 Å². The Labute approximate surface area is 105 Å². The summed E-state index contributed by atoms with van der Waals surface area (Å²) in [6.45, 7) is 0.810. The second-order valence-corrected chi connectivity index (χ2v) is 6.08. The van der Waals surface area contributed by atoms with Crippen molar-refractivity contribution in [3.05, 3.63) is 24.3 Å². The summed E-state index contributed by atoms with van der Waals surface area (Å²) in [7, 11) is -3.53. The molecule has 8 heteroatoms. The first-order valence-electron chi connectivity index (χ1n) is 5.46. The van der Waals surface area contributed by atoms with E-state index in [0.29, 0.717) is 13.1 Å². The second kappa shape index (κ2) is 4.99. The summed E-state index contributed by atoms with van der Waals surface area (Å²) >= 11 is 0. The molecule has 2 heterocycles. The summed E-state index contributed by atoms with van der Waals surface area (Å²) in [5.74, 6) is -0.440. The molecule has 2 rings (SSSR count). The van der Waals surface area contributed by atoms with Gasteiger partial charge >= 0.3 is 0 Å². The first-order valence-corrected chi connectivity index (χ1v) is 7.18. The Morgan fingerprint density at radius 1 is 1.39 bits per heavy atom. The van der Waals surface area contributed by atoms with Gasteiger partial charge in [-0.25, -0.2) is 23.5 Å². The summed E-state index contributed by atoms with van der Waals surface area (Å²) in [6.07, 6.45) is 4.91. The van der Waals surface area contributed by atoms with E-state index in [1.807, 2.05) is 0 Å². The van der Waals surface area contributed by atoms with E-state index >= 15 is 0 Å². The molecule has 0 radical (unpaired) electrons.